The van der Waals surface area contributed by atoms with Gasteiger partial charge in [-0.2, -0.15) is 0 Å². The number of halogens is 3. The van der Waals surface area contributed by atoms with Gasteiger partial charge in [-0.1, -0.05) is 28.1 Å². The molecule has 0 saturated carbocycles. The Kier molecular flexibility index (Phi) is 4.00. The summed E-state index contributed by atoms with van der Waals surface area (Å²) in [5.74, 6) is 0.905. The number of alkyl halides is 1. The number of imidazole rings is 1. The molecule has 2 aromatic carbocycles. The molecule has 0 aliphatic rings. The van der Waals surface area contributed by atoms with Gasteiger partial charge in [-0.3, -0.25) is 0 Å². The Labute approximate surface area is 135 Å². The van der Waals surface area contributed by atoms with Crippen molar-refractivity contribution in [2.75, 3.05) is 0 Å². The predicted octanol–water partition coefficient (Wildman–Crippen LogP) is 5.29. The van der Waals surface area contributed by atoms with E-state index >= 15 is 0 Å². The quantitative estimate of drug-likeness (QED) is 0.575. The highest BCUT2D eigenvalue weighted by atomic mass is 79.9. The van der Waals surface area contributed by atoms with Gasteiger partial charge < -0.3 is 4.57 Å². The molecule has 0 bridgehead atoms. The van der Waals surface area contributed by atoms with Gasteiger partial charge in [-0.05, 0) is 42.8 Å². The molecule has 3 rings (SSSR count). The van der Waals surface area contributed by atoms with Gasteiger partial charge in [-0.25, -0.2) is 9.37 Å². The zero-order valence-corrected chi connectivity index (χ0v) is 13.7. The van der Waals surface area contributed by atoms with E-state index in [0.717, 1.165) is 26.9 Å². The molecule has 1 unspecified atom stereocenters. The van der Waals surface area contributed by atoms with Crippen LogP contribution < -0.4 is 0 Å². The summed E-state index contributed by atoms with van der Waals surface area (Å²) >= 11 is 9.50. The van der Waals surface area contributed by atoms with Gasteiger partial charge in [-0.15, -0.1) is 11.6 Å². The normalized spacial score (nSPS) is 12.8. The third kappa shape index (κ3) is 2.70. The molecular formula is C16H13BrClFN2. The lowest BCUT2D eigenvalue weighted by atomic mass is 10.1. The van der Waals surface area contributed by atoms with E-state index in [1.165, 1.54) is 12.1 Å². The largest absolute Gasteiger partial charge is 0.320 e. The van der Waals surface area contributed by atoms with Gasteiger partial charge >= 0.3 is 0 Å². The van der Waals surface area contributed by atoms with Crippen LogP contribution in [0.2, 0.25) is 0 Å². The van der Waals surface area contributed by atoms with E-state index in [0.29, 0.717) is 5.88 Å². The van der Waals surface area contributed by atoms with Crippen LogP contribution in [0.5, 0.6) is 0 Å². The summed E-state index contributed by atoms with van der Waals surface area (Å²) in [6, 6.07) is 12.5. The molecule has 0 spiro atoms. The van der Waals surface area contributed by atoms with E-state index < -0.39 is 0 Å². The number of aromatic nitrogens is 2. The number of hydrogen-bond acceptors (Lipinski definition) is 1. The number of fused-ring (bicyclic) bond motifs is 1. The van der Waals surface area contributed by atoms with Gasteiger partial charge in [0.05, 0.1) is 23.0 Å². The number of rotatable bonds is 3. The number of hydrogen-bond donors (Lipinski definition) is 0. The fourth-order valence-corrected chi connectivity index (χ4v) is 3.08. The van der Waals surface area contributed by atoms with Crippen LogP contribution in [0, 0.1) is 5.82 Å². The molecule has 3 aromatic rings. The summed E-state index contributed by atoms with van der Waals surface area (Å²) < 4.78 is 16.2. The maximum Gasteiger partial charge on any atom is 0.125 e. The van der Waals surface area contributed by atoms with Crippen molar-refractivity contribution >= 4 is 38.6 Å². The van der Waals surface area contributed by atoms with Gasteiger partial charge in [0.15, 0.2) is 0 Å². The van der Waals surface area contributed by atoms with E-state index in [1.54, 1.807) is 12.1 Å². The molecule has 0 amide bonds. The molecule has 0 saturated heterocycles. The standard InChI is InChI=1S/C16H13BrClFN2/c1-10(11-2-5-13(19)6-3-11)21-15-7-4-12(17)8-14(15)20-16(21)9-18/h2-8,10H,9H2,1H3. The van der Waals surface area contributed by atoms with Gasteiger partial charge in [0, 0.05) is 4.47 Å². The first kappa shape index (κ1) is 14.5. The van der Waals surface area contributed by atoms with Crippen LogP contribution in [0.3, 0.4) is 0 Å². The summed E-state index contributed by atoms with van der Waals surface area (Å²) in [6.45, 7) is 2.06. The molecule has 21 heavy (non-hydrogen) atoms. The van der Waals surface area contributed by atoms with Crippen LogP contribution in [0.4, 0.5) is 4.39 Å². The van der Waals surface area contributed by atoms with Gasteiger partial charge in [0.25, 0.3) is 0 Å². The Morgan fingerprint density at radius 1 is 1.24 bits per heavy atom. The first-order valence-electron chi connectivity index (χ1n) is 6.58. The van der Waals surface area contributed by atoms with Crippen LogP contribution in [-0.2, 0) is 5.88 Å². The highest BCUT2D eigenvalue weighted by Gasteiger charge is 2.17. The molecule has 1 aromatic heterocycles. The average Bonchev–Trinajstić information content (AvgIpc) is 2.84. The van der Waals surface area contributed by atoms with Crippen molar-refractivity contribution in [2.24, 2.45) is 0 Å². The zero-order valence-electron chi connectivity index (χ0n) is 11.4. The highest BCUT2D eigenvalue weighted by Crippen LogP contribution is 2.28. The molecule has 0 aliphatic carbocycles. The molecule has 2 nitrogen and oxygen atoms in total. The third-order valence-electron chi connectivity index (χ3n) is 3.58. The van der Waals surface area contributed by atoms with E-state index in [2.05, 4.69) is 32.4 Å². The van der Waals surface area contributed by atoms with Crippen LogP contribution >= 0.6 is 27.5 Å². The van der Waals surface area contributed by atoms with Crippen molar-refractivity contribution in [1.82, 2.24) is 9.55 Å². The molecular weight excluding hydrogens is 355 g/mol. The lowest BCUT2D eigenvalue weighted by Gasteiger charge is -2.17. The van der Waals surface area contributed by atoms with Gasteiger partial charge in [0.2, 0.25) is 0 Å². The second-order valence-electron chi connectivity index (χ2n) is 4.89. The van der Waals surface area contributed by atoms with Crippen molar-refractivity contribution in [3.8, 4) is 0 Å². The second kappa shape index (κ2) is 5.78. The third-order valence-corrected chi connectivity index (χ3v) is 4.32. The van der Waals surface area contributed by atoms with Crippen molar-refractivity contribution < 1.29 is 4.39 Å². The maximum atomic E-state index is 13.1. The molecule has 0 aliphatic heterocycles. The Morgan fingerprint density at radius 3 is 2.62 bits per heavy atom. The fraction of sp³-hybridized carbons (Fsp3) is 0.188. The molecule has 0 N–H and O–H groups in total. The Hall–Kier alpha value is -1.39. The van der Waals surface area contributed by atoms with E-state index in [4.69, 9.17) is 11.6 Å². The molecule has 108 valence electrons. The van der Waals surface area contributed by atoms with Crippen LogP contribution in [-0.4, -0.2) is 9.55 Å². The molecule has 1 heterocycles. The monoisotopic (exact) mass is 366 g/mol. The summed E-state index contributed by atoms with van der Waals surface area (Å²) in [7, 11) is 0. The number of nitrogens with zero attached hydrogens (tertiary/aromatic N) is 2. The minimum Gasteiger partial charge on any atom is -0.320 e. The zero-order chi connectivity index (χ0) is 15.0. The summed E-state index contributed by atoms with van der Waals surface area (Å²) in [4.78, 5) is 4.58. The van der Waals surface area contributed by atoms with Crippen molar-refractivity contribution in [2.45, 2.75) is 18.8 Å². The lowest BCUT2D eigenvalue weighted by Crippen LogP contribution is -2.09. The summed E-state index contributed by atoms with van der Waals surface area (Å²) in [5, 5.41) is 0. The van der Waals surface area contributed by atoms with Crippen LogP contribution in [0.15, 0.2) is 46.9 Å². The van der Waals surface area contributed by atoms with Crippen LogP contribution in [0.1, 0.15) is 24.4 Å². The Bertz CT molecular complexity index is 783. The van der Waals surface area contributed by atoms with Crippen molar-refractivity contribution in [3.05, 3.63) is 64.1 Å². The Morgan fingerprint density at radius 2 is 1.95 bits per heavy atom. The molecule has 0 radical (unpaired) electrons. The van der Waals surface area contributed by atoms with Gasteiger partial charge in [0.1, 0.15) is 11.6 Å². The predicted molar refractivity (Wildman–Crippen MR) is 87.2 cm³/mol. The fourth-order valence-electron chi connectivity index (χ4n) is 2.54. The smallest absolute Gasteiger partial charge is 0.125 e. The first-order chi connectivity index (χ1) is 10.1. The molecule has 5 heteroatoms. The highest BCUT2D eigenvalue weighted by molar-refractivity contribution is 9.10. The van der Waals surface area contributed by atoms with E-state index in [9.17, 15) is 4.39 Å². The minimum atomic E-state index is -0.233. The second-order valence-corrected chi connectivity index (χ2v) is 6.08. The molecule has 1 atom stereocenters. The van der Waals surface area contributed by atoms with E-state index in [1.807, 2.05) is 18.2 Å². The average molecular weight is 368 g/mol. The maximum absolute atomic E-state index is 13.1. The topological polar surface area (TPSA) is 17.8 Å². The summed E-state index contributed by atoms with van der Waals surface area (Å²) in [5.41, 5.74) is 2.93. The Balaban J connectivity index is 2.16. The van der Waals surface area contributed by atoms with E-state index in [-0.39, 0.29) is 11.9 Å². The minimum absolute atomic E-state index is 0.0329. The van der Waals surface area contributed by atoms with Crippen molar-refractivity contribution in [1.29, 1.82) is 0 Å². The van der Waals surface area contributed by atoms with Crippen molar-refractivity contribution in [3.63, 3.8) is 0 Å². The molecule has 0 fully saturated rings. The number of benzene rings is 2. The first-order valence-corrected chi connectivity index (χ1v) is 7.90. The summed E-state index contributed by atoms with van der Waals surface area (Å²) in [6.07, 6.45) is 0. The lowest BCUT2D eigenvalue weighted by molar-refractivity contribution is 0.614. The SMILES string of the molecule is CC(c1ccc(F)cc1)n1c(CCl)nc2cc(Br)ccc21. The van der Waals surface area contributed by atoms with Crippen LogP contribution in [0.25, 0.3) is 11.0 Å².